The van der Waals surface area contributed by atoms with Crippen molar-refractivity contribution in [3.8, 4) is 0 Å². The van der Waals surface area contributed by atoms with Gasteiger partial charge in [0.05, 0.1) is 6.04 Å². The van der Waals surface area contributed by atoms with Crippen LogP contribution in [0.25, 0.3) is 0 Å². The second-order valence-corrected chi connectivity index (χ2v) is 7.46. The number of hydrogen-bond donors (Lipinski definition) is 0. The highest BCUT2D eigenvalue weighted by molar-refractivity contribution is 5.78. The summed E-state index contributed by atoms with van der Waals surface area (Å²) in [5.74, 6) is -1.10. The topological polar surface area (TPSA) is 38.8 Å². The molecule has 4 atom stereocenters. The summed E-state index contributed by atoms with van der Waals surface area (Å²) in [6.45, 7) is 0.191. The number of halogens is 2. The summed E-state index contributed by atoms with van der Waals surface area (Å²) >= 11 is 0. The third-order valence-corrected chi connectivity index (χ3v) is 5.68. The van der Waals surface area contributed by atoms with Crippen LogP contribution in [-0.4, -0.2) is 23.5 Å². The van der Waals surface area contributed by atoms with Gasteiger partial charge in [0.1, 0.15) is 36.6 Å². The third kappa shape index (κ3) is 3.28. The van der Waals surface area contributed by atoms with Crippen LogP contribution in [0.3, 0.4) is 0 Å². The van der Waals surface area contributed by atoms with Crippen molar-refractivity contribution in [2.45, 2.75) is 24.4 Å². The SMILES string of the molecule is O=C1OC[C@H](c2ccccc2)N2[C@H]1[C@@H](c1ccc(F)cc1)O[C@H]2c1ccc(F)cc1. The largest absolute Gasteiger partial charge is 0.462 e. The molecule has 0 aromatic heterocycles. The Bertz CT molecular complexity index is 1040. The monoisotopic (exact) mass is 407 g/mol. The number of carbonyl (C=O) groups is 1. The predicted octanol–water partition coefficient (Wildman–Crippen LogP) is 4.70. The lowest BCUT2D eigenvalue weighted by atomic mass is 9.96. The van der Waals surface area contributed by atoms with Crippen LogP contribution in [0.1, 0.15) is 35.1 Å². The van der Waals surface area contributed by atoms with Crippen LogP contribution in [0, 0.1) is 11.6 Å². The highest BCUT2D eigenvalue weighted by Crippen LogP contribution is 2.49. The van der Waals surface area contributed by atoms with Gasteiger partial charge in [0.2, 0.25) is 0 Å². The lowest BCUT2D eigenvalue weighted by Crippen LogP contribution is -2.49. The molecule has 2 heterocycles. The van der Waals surface area contributed by atoms with Gasteiger partial charge in [0.15, 0.2) is 0 Å². The average Bonchev–Trinajstić information content (AvgIpc) is 3.17. The number of benzene rings is 3. The van der Waals surface area contributed by atoms with Crippen LogP contribution < -0.4 is 0 Å². The smallest absolute Gasteiger partial charge is 0.326 e. The molecule has 152 valence electrons. The van der Waals surface area contributed by atoms with E-state index in [9.17, 15) is 13.6 Å². The number of esters is 1. The number of carbonyl (C=O) groups excluding carboxylic acids is 1. The van der Waals surface area contributed by atoms with E-state index < -0.39 is 18.4 Å². The van der Waals surface area contributed by atoms with Crippen molar-refractivity contribution in [3.63, 3.8) is 0 Å². The molecular formula is C24H19F2NO3. The highest BCUT2D eigenvalue weighted by atomic mass is 19.1. The van der Waals surface area contributed by atoms with E-state index in [-0.39, 0.29) is 30.3 Å². The van der Waals surface area contributed by atoms with E-state index in [1.165, 1.54) is 24.3 Å². The first kappa shape index (κ1) is 18.9. The van der Waals surface area contributed by atoms with Crippen LogP contribution in [0.5, 0.6) is 0 Å². The summed E-state index contributed by atoms with van der Waals surface area (Å²) in [7, 11) is 0. The Morgan fingerprint density at radius 2 is 1.37 bits per heavy atom. The number of rotatable bonds is 3. The molecule has 0 unspecified atom stereocenters. The zero-order valence-electron chi connectivity index (χ0n) is 15.9. The van der Waals surface area contributed by atoms with Gasteiger partial charge in [-0.25, -0.2) is 13.7 Å². The van der Waals surface area contributed by atoms with Crippen LogP contribution in [0.2, 0.25) is 0 Å². The van der Waals surface area contributed by atoms with Gasteiger partial charge in [0.25, 0.3) is 0 Å². The summed E-state index contributed by atoms with van der Waals surface area (Å²) in [5.41, 5.74) is 2.41. The fourth-order valence-electron chi connectivity index (χ4n) is 4.26. The maximum atomic E-state index is 13.5. The summed E-state index contributed by atoms with van der Waals surface area (Å²) in [6.07, 6.45) is -1.22. The molecule has 6 heteroatoms. The average molecular weight is 407 g/mol. The molecule has 2 fully saturated rings. The Hall–Kier alpha value is -3.09. The lowest BCUT2D eigenvalue weighted by molar-refractivity contribution is -0.163. The summed E-state index contributed by atoms with van der Waals surface area (Å²) < 4.78 is 38.9. The van der Waals surface area contributed by atoms with E-state index in [1.807, 2.05) is 35.2 Å². The molecule has 0 saturated carbocycles. The van der Waals surface area contributed by atoms with E-state index >= 15 is 0 Å². The van der Waals surface area contributed by atoms with Crippen molar-refractivity contribution in [1.82, 2.24) is 4.90 Å². The minimum absolute atomic E-state index is 0.191. The van der Waals surface area contributed by atoms with Crippen LogP contribution in [0.15, 0.2) is 78.9 Å². The molecule has 0 amide bonds. The highest BCUT2D eigenvalue weighted by Gasteiger charge is 2.54. The van der Waals surface area contributed by atoms with E-state index in [0.29, 0.717) is 5.56 Å². The Balaban J connectivity index is 1.61. The second kappa shape index (κ2) is 7.63. The first-order chi connectivity index (χ1) is 14.6. The molecule has 0 radical (unpaired) electrons. The zero-order valence-corrected chi connectivity index (χ0v) is 15.9. The van der Waals surface area contributed by atoms with Crippen molar-refractivity contribution >= 4 is 5.97 Å². The van der Waals surface area contributed by atoms with Crippen molar-refractivity contribution in [1.29, 1.82) is 0 Å². The minimum Gasteiger partial charge on any atom is -0.462 e. The van der Waals surface area contributed by atoms with Gasteiger partial charge in [-0.1, -0.05) is 54.6 Å². The van der Waals surface area contributed by atoms with Gasteiger partial charge in [-0.05, 0) is 41.0 Å². The Kier molecular flexibility index (Phi) is 4.81. The standard InChI is InChI=1S/C24H19F2NO3/c25-18-10-6-16(7-11-18)22-21-24(28)29-14-20(15-4-2-1-3-5-15)27(21)23(30-22)17-8-12-19(26)13-9-17/h1-13,20-23H,14H2/t20-,21+,22-,23+/m1/s1. The lowest BCUT2D eigenvalue weighted by Gasteiger charge is -2.39. The fourth-order valence-corrected chi connectivity index (χ4v) is 4.26. The Morgan fingerprint density at radius 3 is 2.00 bits per heavy atom. The number of ether oxygens (including phenoxy) is 2. The molecule has 0 N–H and O–H groups in total. The van der Waals surface area contributed by atoms with Gasteiger partial charge in [-0.2, -0.15) is 0 Å². The number of cyclic esters (lactones) is 1. The van der Waals surface area contributed by atoms with Gasteiger partial charge in [-0.15, -0.1) is 0 Å². The Labute approximate surface area is 172 Å². The van der Waals surface area contributed by atoms with E-state index in [1.54, 1.807) is 24.3 Å². The molecule has 3 aromatic carbocycles. The third-order valence-electron chi connectivity index (χ3n) is 5.68. The molecule has 0 bridgehead atoms. The minimum atomic E-state index is -0.704. The van der Waals surface area contributed by atoms with Gasteiger partial charge in [0, 0.05) is 0 Å². The molecule has 3 aromatic rings. The van der Waals surface area contributed by atoms with Crippen molar-refractivity contribution in [2.24, 2.45) is 0 Å². The van der Waals surface area contributed by atoms with Crippen molar-refractivity contribution in [3.05, 3.63) is 107 Å². The van der Waals surface area contributed by atoms with Crippen LogP contribution in [-0.2, 0) is 14.3 Å². The Morgan fingerprint density at radius 1 is 0.767 bits per heavy atom. The normalized spacial score (nSPS) is 26.3. The first-order valence-electron chi connectivity index (χ1n) is 9.77. The first-order valence-corrected chi connectivity index (χ1v) is 9.77. The van der Waals surface area contributed by atoms with Gasteiger partial charge < -0.3 is 9.47 Å². The molecule has 2 aliphatic heterocycles. The summed E-state index contributed by atoms with van der Waals surface area (Å²) in [4.78, 5) is 14.8. The summed E-state index contributed by atoms with van der Waals surface area (Å²) in [5, 5.41) is 0. The zero-order chi connectivity index (χ0) is 20.7. The van der Waals surface area contributed by atoms with E-state index in [4.69, 9.17) is 9.47 Å². The number of hydrogen-bond acceptors (Lipinski definition) is 4. The van der Waals surface area contributed by atoms with Gasteiger partial charge >= 0.3 is 5.97 Å². The molecule has 0 aliphatic carbocycles. The number of nitrogens with zero attached hydrogens (tertiary/aromatic N) is 1. The van der Waals surface area contributed by atoms with Crippen molar-refractivity contribution in [2.75, 3.05) is 6.61 Å². The molecule has 30 heavy (non-hydrogen) atoms. The predicted molar refractivity (Wildman–Crippen MR) is 105 cm³/mol. The maximum absolute atomic E-state index is 13.5. The van der Waals surface area contributed by atoms with Crippen LogP contribution in [0.4, 0.5) is 8.78 Å². The quantitative estimate of drug-likeness (QED) is 0.590. The summed E-state index contributed by atoms with van der Waals surface area (Å²) in [6, 6.07) is 20.8. The molecule has 0 spiro atoms. The van der Waals surface area contributed by atoms with E-state index in [2.05, 4.69) is 0 Å². The molecule has 2 saturated heterocycles. The fraction of sp³-hybridized carbons (Fsp3) is 0.208. The molecular weight excluding hydrogens is 388 g/mol. The number of morpholine rings is 1. The molecule has 4 nitrogen and oxygen atoms in total. The number of fused-ring (bicyclic) bond motifs is 1. The van der Waals surface area contributed by atoms with Gasteiger partial charge in [-0.3, -0.25) is 4.79 Å². The van der Waals surface area contributed by atoms with E-state index in [0.717, 1.165) is 11.1 Å². The van der Waals surface area contributed by atoms with Crippen molar-refractivity contribution < 1.29 is 23.0 Å². The second-order valence-electron chi connectivity index (χ2n) is 7.46. The molecule has 2 aliphatic rings. The van der Waals surface area contributed by atoms with Crippen LogP contribution >= 0.6 is 0 Å². The molecule has 5 rings (SSSR count). The maximum Gasteiger partial charge on any atom is 0.326 e.